The minimum atomic E-state index is -5.00. The van der Waals surface area contributed by atoms with Gasteiger partial charge in [-0.15, -0.1) is 0 Å². The molecule has 10 nitrogen and oxygen atoms in total. The summed E-state index contributed by atoms with van der Waals surface area (Å²) < 4.78 is 141. The normalized spacial score (nSPS) is 17.5. The van der Waals surface area contributed by atoms with Gasteiger partial charge in [-0.3, -0.25) is 13.6 Å². The second-order valence-corrected chi connectivity index (χ2v) is 14.1. The number of anilines is 4. The summed E-state index contributed by atoms with van der Waals surface area (Å²) >= 11 is 0. The van der Waals surface area contributed by atoms with Crippen molar-refractivity contribution >= 4 is 41.5 Å². The number of halogens is 9. The van der Waals surface area contributed by atoms with E-state index in [0.717, 1.165) is 5.56 Å². The molecule has 1 aliphatic carbocycles. The molecule has 1 aliphatic rings. The molecule has 0 amide bonds. The van der Waals surface area contributed by atoms with Crippen LogP contribution >= 0.6 is 7.60 Å². The van der Waals surface area contributed by atoms with E-state index in [1.807, 2.05) is 0 Å². The largest absolute Gasteiger partial charge is 0.494 e. The molecule has 5 rings (SSSR count). The lowest BCUT2D eigenvalue weighted by Crippen LogP contribution is -2.20. The number of aromatic nitrogens is 3. The summed E-state index contributed by atoms with van der Waals surface area (Å²) in [6.07, 6.45) is -11.5. The molecule has 2 aromatic heterocycles. The maximum atomic E-state index is 14.1. The van der Waals surface area contributed by atoms with Crippen LogP contribution in [-0.4, -0.2) is 56.4 Å². The monoisotopic (exact) mass is 755 g/mol. The summed E-state index contributed by atoms with van der Waals surface area (Å²) in [5, 5.41) is 27.1. The molecule has 0 radical (unpaired) electrons. The SMILES string of the molecule is Cn1cc2c(C3CCC(O)CC3)ccc(Nc3nc(Nc4ccc(CP(=O)(OCC(F)(F)F)OCC(F)(F)F)cc4)ncc3C(F)(F)F)c2c1O. The first-order valence-corrected chi connectivity index (χ1v) is 17.0. The topological polar surface area (TPSA) is 131 Å². The van der Waals surface area contributed by atoms with Crippen LogP contribution in [0.15, 0.2) is 48.8 Å². The Morgan fingerprint density at radius 3 is 2.08 bits per heavy atom. The number of hydrogen-bond donors (Lipinski definition) is 4. The molecule has 4 aromatic rings. The second kappa shape index (κ2) is 14.5. The first kappa shape index (κ1) is 38.2. The van der Waals surface area contributed by atoms with Gasteiger partial charge in [0.05, 0.1) is 23.3 Å². The average molecular weight is 756 g/mol. The van der Waals surface area contributed by atoms with Crippen LogP contribution in [0.5, 0.6) is 5.88 Å². The van der Waals surface area contributed by atoms with E-state index in [9.17, 15) is 54.3 Å². The van der Waals surface area contributed by atoms with Crippen LogP contribution in [0.3, 0.4) is 0 Å². The van der Waals surface area contributed by atoms with Gasteiger partial charge in [0.25, 0.3) is 0 Å². The first-order chi connectivity index (χ1) is 23.7. The highest BCUT2D eigenvalue weighted by Crippen LogP contribution is 2.53. The summed E-state index contributed by atoms with van der Waals surface area (Å²) in [4.78, 5) is 7.73. The third-order valence-corrected chi connectivity index (χ3v) is 9.88. The van der Waals surface area contributed by atoms with Gasteiger partial charge in [-0.1, -0.05) is 18.2 Å². The zero-order chi connectivity index (χ0) is 37.4. The minimum absolute atomic E-state index is 0.0385. The zero-order valence-corrected chi connectivity index (χ0v) is 27.4. The second-order valence-electron chi connectivity index (χ2n) is 12.0. The fraction of sp³-hybridized carbons (Fsp3) is 0.419. The Morgan fingerprint density at radius 2 is 1.51 bits per heavy atom. The highest BCUT2D eigenvalue weighted by atomic mass is 31.2. The number of aliphatic hydroxyl groups is 1. The van der Waals surface area contributed by atoms with Crippen molar-refractivity contribution in [1.29, 1.82) is 0 Å². The van der Waals surface area contributed by atoms with Gasteiger partial charge >= 0.3 is 26.1 Å². The van der Waals surface area contributed by atoms with Gasteiger partial charge in [-0.2, -0.15) is 44.5 Å². The lowest BCUT2D eigenvalue weighted by atomic mass is 9.81. The van der Waals surface area contributed by atoms with Crippen molar-refractivity contribution in [3.05, 3.63) is 65.5 Å². The third kappa shape index (κ3) is 9.84. The predicted molar refractivity (Wildman–Crippen MR) is 167 cm³/mol. The van der Waals surface area contributed by atoms with Gasteiger partial charge in [0.15, 0.2) is 13.2 Å². The smallest absolute Gasteiger partial charge is 0.421 e. The van der Waals surface area contributed by atoms with E-state index in [4.69, 9.17) is 0 Å². The van der Waals surface area contributed by atoms with Gasteiger partial charge in [0.1, 0.15) is 11.4 Å². The van der Waals surface area contributed by atoms with E-state index in [1.165, 1.54) is 34.9 Å². The van der Waals surface area contributed by atoms with E-state index >= 15 is 0 Å². The number of rotatable bonds is 11. The highest BCUT2D eigenvalue weighted by Gasteiger charge is 2.39. The molecule has 0 unspecified atom stereocenters. The van der Waals surface area contributed by atoms with Gasteiger partial charge in [0.2, 0.25) is 11.8 Å². The van der Waals surface area contributed by atoms with E-state index in [2.05, 4.69) is 29.6 Å². The van der Waals surface area contributed by atoms with Crippen molar-refractivity contribution in [1.82, 2.24) is 14.5 Å². The van der Waals surface area contributed by atoms with Crippen molar-refractivity contribution in [3.8, 4) is 5.88 Å². The number of nitrogens with one attached hydrogen (secondary N) is 2. The van der Waals surface area contributed by atoms with E-state index in [1.54, 1.807) is 19.3 Å². The zero-order valence-electron chi connectivity index (χ0n) is 26.5. The standard InChI is InChI=1S/C31H31F9N5O5P/c1-45-13-22-21(18-4-8-20(46)9-5-18)10-11-24(25(22)27(45)47)43-26-23(31(38,39)40)12-41-28(44-26)42-19-6-2-17(3-7-19)14-51(48,49-15-29(32,33)34)50-16-30(35,36)37/h2-3,6-7,10-13,18,20,46-47H,4-5,8-9,14-16H2,1H3,(H2,41,42,43,44). The summed E-state index contributed by atoms with van der Waals surface area (Å²) in [6.45, 7) is -4.23. The van der Waals surface area contributed by atoms with E-state index in [-0.39, 0.29) is 40.1 Å². The minimum Gasteiger partial charge on any atom is -0.494 e. The highest BCUT2D eigenvalue weighted by molar-refractivity contribution is 7.53. The predicted octanol–water partition coefficient (Wildman–Crippen LogP) is 9.05. The van der Waals surface area contributed by atoms with Crippen LogP contribution in [-0.2, 0) is 33.0 Å². The summed E-state index contributed by atoms with van der Waals surface area (Å²) in [6, 6.07) is 8.13. The Morgan fingerprint density at radius 1 is 0.902 bits per heavy atom. The fourth-order valence-electron chi connectivity index (χ4n) is 5.68. The van der Waals surface area contributed by atoms with Crippen LogP contribution in [0, 0.1) is 0 Å². The lowest BCUT2D eigenvalue weighted by molar-refractivity contribution is -0.165. The molecule has 1 fully saturated rings. The Hall–Kier alpha value is -4.06. The Bertz CT molecular complexity index is 1870. The fourth-order valence-corrected chi connectivity index (χ4v) is 7.29. The van der Waals surface area contributed by atoms with Crippen molar-refractivity contribution in [2.75, 3.05) is 23.8 Å². The summed E-state index contributed by atoms with van der Waals surface area (Å²) in [5.41, 5.74) is -0.142. The summed E-state index contributed by atoms with van der Waals surface area (Å²) in [7, 11) is -3.36. The van der Waals surface area contributed by atoms with Gasteiger partial charge in [-0.05, 0) is 60.9 Å². The molecule has 0 saturated heterocycles. The van der Waals surface area contributed by atoms with Gasteiger partial charge in [-0.25, -0.2) is 4.98 Å². The Balaban J connectivity index is 1.39. The molecule has 1 saturated carbocycles. The van der Waals surface area contributed by atoms with Crippen LogP contribution in [0.4, 0.5) is 62.7 Å². The van der Waals surface area contributed by atoms with Crippen molar-refractivity contribution in [2.45, 2.75) is 62.4 Å². The van der Waals surface area contributed by atoms with Gasteiger partial charge in [0, 0.05) is 30.5 Å². The van der Waals surface area contributed by atoms with Crippen LogP contribution in [0.2, 0.25) is 0 Å². The average Bonchev–Trinajstić information content (AvgIpc) is 3.34. The number of fused-ring (bicyclic) bond motifs is 1. The molecule has 278 valence electrons. The molecule has 4 N–H and O–H groups in total. The molecule has 0 bridgehead atoms. The quantitative estimate of drug-likeness (QED) is 0.0875. The number of alkyl halides is 9. The third-order valence-electron chi connectivity index (χ3n) is 8.08. The maximum Gasteiger partial charge on any atom is 0.421 e. The number of aryl methyl sites for hydroxylation is 1. The molecule has 51 heavy (non-hydrogen) atoms. The van der Waals surface area contributed by atoms with Crippen molar-refractivity contribution in [2.24, 2.45) is 7.05 Å². The molecule has 2 aromatic carbocycles. The maximum absolute atomic E-state index is 14.1. The number of aromatic hydroxyl groups is 1. The molecule has 0 atom stereocenters. The molecular formula is C31H31F9N5O5P. The number of nitrogens with zero attached hydrogens (tertiary/aromatic N) is 3. The van der Waals surface area contributed by atoms with E-state index < -0.39 is 63.0 Å². The molecule has 20 heteroatoms. The Kier molecular flexibility index (Phi) is 10.9. The number of hydrogen-bond acceptors (Lipinski definition) is 9. The van der Waals surface area contributed by atoms with Gasteiger partial charge < -0.3 is 25.4 Å². The molecular weight excluding hydrogens is 724 g/mol. The van der Waals surface area contributed by atoms with Crippen molar-refractivity contribution < 1.29 is 63.3 Å². The Labute approximate surface area is 284 Å². The molecule has 0 aliphatic heterocycles. The van der Waals surface area contributed by atoms with E-state index in [0.29, 0.717) is 37.3 Å². The lowest BCUT2D eigenvalue weighted by Gasteiger charge is -2.26. The van der Waals surface area contributed by atoms with Crippen LogP contribution < -0.4 is 10.6 Å². The van der Waals surface area contributed by atoms with Crippen molar-refractivity contribution in [3.63, 3.8) is 0 Å². The summed E-state index contributed by atoms with van der Waals surface area (Å²) in [5.74, 6) is -1.15. The van der Waals surface area contributed by atoms with Crippen LogP contribution in [0.1, 0.15) is 48.3 Å². The number of benzene rings is 2. The van der Waals surface area contributed by atoms with Crippen LogP contribution in [0.25, 0.3) is 10.8 Å². The number of aliphatic hydroxyl groups excluding tert-OH is 1. The molecule has 2 heterocycles. The molecule has 0 spiro atoms. The first-order valence-electron chi connectivity index (χ1n) is 15.3.